The third-order valence-corrected chi connectivity index (χ3v) is 6.04. The summed E-state index contributed by atoms with van der Waals surface area (Å²) in [7, 11) is 0. The van der Waals surface area contributed by atoms with Crippen molar-refractivity contribution in [3.8, 4) is 0 Å². The van der Waals surface area contributed by atoms with Crippen LogP contribution >= 0.6 is 11.3 Å². The van der Waals surface area contributed by atoms with Gasteiger partial charge in [0.1, 0.15) is 4.83 Å². The highest BCUT2D eigenvalue weighted by Gasteiger charge is 2.19. The van der Waals surface area contributed by atoms with Crippen molar-refractivity contribution in [1.82, 2.24) is 14.5 Å². The normalized spacial score (nSPS) is 11.0. The number of aryl methyl sites for hydroxylation is 2. The van der Waals surface area contributed by atoms with E-state index < -0.39 is 0 Å². The van der Waals surface area contributed by atoms with E-state index >= 15 is 0 Å². The number of hydrogen-bond acceptors (Lipinski definition) is 5. The van der Waals surface area contributed by atoms with Gasteiger partial charge in [-0.25, -0.2) is 4.98 Å². The maximum Gasteiger partial charge on any atom is 0.266 e. The summed E-state index contributed by atoms with van der Waals surface area (Å²) in [5.74, 6) is -0.227. The van der Waals surface area contributed by atoms with E-state index in [1.54, 1.807) is 23.9 Å². The summed E-state index contributed by atoms with van der Waals surface area (Å²) in [5, 5.41) is 3.41. The van der Waals surface area contributed by atoms with Gasteiger partial charge >= 0.3 is 0 Å². The van der Waals surface area contributed by atoms with Crippen LogP contribution in [0.3, 0.4) is 0 Å². The second-order valence-corrected chi connectivity index (χ2v) is 7.77. The van der Waals surface area contributed by atoms with E-state index in [1.165, 1.54) is 23.2 Å². The second-order valence-electron chi connectivity index (χ2n) is 6.77. The molecule has 7 heteroatoms. The number of pyridine rings is 1. The second kappa shape index (κ2) is 7.97. The summed E-state index contributed by atoms with van der Waals surface area (Å²) in [6.07, 6.45) is 5.86. The highest BCUT2D eigenvalue weighted by Crippen LogP contribution is 2.27. The third kappa shape index (κ3) is 3.82. The topological polar surface area (TPSA) is 76.9 Å². The summed E-state index contributed by atoms with van der Waals surface area (Å²) in [5.41, 5.74) is 3.41. The number of amides is 1. The van der Waals surface area contributed by atoms with Crippen LogP contribution < -0.4 is 10.9 Å². The van der Waals surface area contributed by atoms with Gasteiger partial charge in [0.2, 0.25) is 0 Å². The molecule has 0 aliphatic heterocycles. The van der Waals surface area contributed by atoms with E-state index in [1.807, 2.05) is 36.4 Å². The Balaban J connectivity index is 1.65. The van der Waals surface area contributed by atoms with Gasteiger partial charge in [-0.1, -0.05) is 19.1 Å². The summed E-state index contributed by atoms with van der Waals surface area (Å²) < 4.78 is 1.56. The molecule has 4 rings (SSSR count). The first kappa shape index (κ1) is 19.0. The Kier molecular flexibility index (Phi) is 5.22. The third-order valence-electron chi connectivity index (χ3n) is 4.85. The molecule has 4 aromatic rings. The van der Waals surface area contributed by atoms with Crippen LogP contribution in [-0.4, -0.2) is 20.4 Å². The molecule has 0 aliphatic rings. The van der Waals surface area contributed by atoms with Crippen molar-refractivity contribution in [3.63, 3.8) is 0 Å². The number of nitrogens with zero attached hydrogens (tertiary/aromatic N) is 3. The molecule has 6 nitrogen and oxygen atoms in total. The maximum absolute atomic E-state index is 13.0. The number of thiophene rings is 1. The molecule has 0 aliphatic carbocycles. The molecule has 0 unspecified atom stereocenters. The molecule has 29 heavy (non-hydrogen) atoms. The molecular formula is C22H20N4O2S. The minimum atomic E-state index is -0.227. The van der Waals surface area contributed by atoms with Gasteiger partial charge in [-0.15, -0.1) is 11.3 Å². The molecule has 1 aromatic carbocycles. The Hall–Kier alpha value is -3.32. The molecule has 0 radical (unpaired) electrons. The summed E-state index contributed by atoms with van der Waals surface area (Å²) in [6.45, 7) is 4.29. The van der Waals surface area contributed by atoms with Crippen molar-refractivity contribution in [2.45, 2.75) is 26.8 Å². The van der Waals surface area contributed by atoms with Gasteiger partial charge in [0, 0.05) is 18.1 Å². The van der Waals surface area contributed by atoms with Crippen LogP contribution in [0, 0.1) is 6.92 Å². The van der Waals surface area contributed by atoms with Gasteiger partial charge in [-0.2, -0.15) is 0 Å². The van der Waals surface area contributed by atoms with Crippen LogP contribution in [0.15, 0.2) is 59.9 Å². The fourth-order valence-electron chi connectivity index (χ4n) is 3.18. The van der Waals surface area contributed by atoms with E-state index in [0.717, 1.165) is 17.7 Å². The van der Waals surface area contributed by atoms with Crippen molar-refractivity contribution in [2.75, 3.05) is 5.32 Å². The Morgan fingerprint density at radius 3 is 2.52 bits per heavy atom. The number of carbonyl (C=O) groups excluding carboxylic acids is 1. The van der Waals surface area contributed by atoms with Gasteiger partial charge in [-0.3, -0.25) is 19.1 Å². The smallest absolute Gasteiger partial charge is 0.266 e. The van der Waals surface area contributed by atoms with Crippen LogP contribution in [0.1, 0.15) is 33.3 Å². The van der Waals surface area contributed by atoms with E-state index in [4.69, 9.17) is 0 Å². The zero-order valence-electron chi connectivity index (χ0n) is 16.2. The van der Waals surface area contributed by atoms with Gasteiger partial charge in [0.05, 0.1) is 23.1 Å². The molecule has 146 valence electrons. The van der Waals surface area contributed by atoms with E-state index in [-0.39, 0.29) is 11.5 Å². The first-order valence-corrected chi connectivity index (χ1v) is 10.2. The Morgan fingerprint density at radius 1 is 1.10 bits per heavy atom. The number of rotatable bonds is 5. The highest BCUT2D eigenvalue weighted by molar-refractivity contribution is 7.20. The van der Waals surface area contributed by atoms with Crippen LogP contribution in [0.4, 0.5) is 5.69 Å². The fraction of sp³-hybridized carbons (Fsp3) is 0.182. The van der Waals surface area contributed by atoms with Gasteiger partial charge < -0.3 is 5.32 Å². The lowest BCUT2D eigenvalue weighted by atomic mass is 10.1. The predicted molar refractivity (Wildman–Crippen MR) is 116 cm³/mol. The number of fused-ring (bicyclic) bond motifs is 1. The summed E-state index contributed by atoms with van der Waals surface area (Å²) in [6, 6.07) is 11.5. The standard InChI is InChI=1S/C22H20N4O2S/c1-3-15-4-6-17(7-5-15)25-20(27)19-14(2)18-21(29-19)24-13-26(22(18)28)12-16-8-10-23-11-9-16/h4-11,13H,3,12H2,1-2H3,(H,25,27). The molecular weight excluding hydrogens is 384 g/mol. The maximum atomic E-state index is 13.0. The number of benzene rings is 1. The molecule has 0 atom stereocenters. The Labute approximate surface area is 171 Å². The van der Waals surface area contributed by atoms with Crippen LogP contribution in [0.2, 0.25) is 0 Å². The summed E-state index contributed by atoms with van der Waals surface area (Å²) in [4.78, 5) is 35.3. The highest BCUT2D eigenvalue weighted by atomic mass is 32.1. The minimum Gasteiger partial charge on any atom is -0.321 e. The predicted octanol–water partition coefficient (Wildman–Crippen LogP) is 4.02. The van der Waals surface area contributed by atoms with Crippen LogP contribution in [-0.2, 0) is 13.0 Å². The zero-order valence-corrected chi connectivity index (χ0v) is 17.0. The molecule has 3 aromatic heterocycles. The number of anilines is 1. The van der Waals surface area contributed by atoms with Crippen molar-refractivity contribution in [1.29, 1.82) is 0 Å². The van der Waals surface area contributed by atoms with Crippen molar-refractivity contribution >= 4 is 33.1 Å². The lowest BCUT2D eigenvalue weighted by molar-refractivity contribution is 0.103. The lowest BCUT2D eigenvalue weighted by Gasteiger charge is -2.06. The van der Waals surface area contributed by atoms with Crippen molar-refractivity contribution < 1.29 is 4.79 Å². The van der Waals surface area contributed by atoms with Crippen molar-refractivity contribution in [2.24, 2.45) is 0 Å². The molecule has 1 amide bonds. The molecule has 1 N–H and O–H groups in total. The quantitative estimate of drug-likeness (QED) is 0.545. The number of carbonyl (C=O) groups is 1. The van der Waals surface area contributed by atoms with Gasteiger partial charge in [-0.05, 0) is 54.3 Å². The van der Waals surface area contributed by atoms with Crippen molar-refractivity contribution in [3.05, 3.63) is 87.0 Å². The Bertz CT molecular complexity index is 1230. The fourth-order valence-corrected chi connectivity index (χ4v) is 4.22. The van der Waals surface area contributed by atoms with Gasteiger partial charge in [0.15, 0.2) is 0 Å². The van der Waals surface area contributed by atoms with E-state index in [2.05, 4.69) is 22.2 Å². The molecule has 0 saturated carbocycles. The number of nitrogens with one attached hydrogen (secondary N) is 1. The molecule has 0 saturated heterocycles. The van der Waals surface area contributed by atoms with Crippen LogP contribution in [0.25, 0.3) is 10.2 Å². The van der Waals surface area contributed by atoms with Crippen LogP contribution in [0.5, 0.6) is 0 Å². The Morgan fingerprint density at radius 2 is 1.83 bits per heavy atom. The molecule has 3 heterocycles. The molecule has 0 spiro atoms. The largest absolute Gasteiger partial charge is 0.321 e. The number of hydrogen-bond donors (Lipinski definition) is 1. The van der Waals surface area contributed by atoms with E-state index in [9.17, 15) is 9.59 Å². The van der Waals surface area contributed by atoms with Gasteiger partial charge in [0.25, 0.3) is 11.5 Å². The lowest BCUT2D eigenvalue weighted by Crippen LogP contribution is -2.21. The number of aromatic nitrogens is 3. The average molecular weight is 404 g/mol. The molecule has 0 bridgehead atoms. The molecule has 0 fully saturated rings. The first-order chi connectivity index (χ1) is 14.1. The zero-order chi connectivity index (χ0) is 20.4. The summed E-state index contributed by atoms with van der Waals surface area (Å²) >= 11 is 1.24. The first-order valence-electron chi connectivity index (χ1n) is 9.34. The minimum absolute atomic E-state index is 0.146. The monoisotopic (exact) mass is 404 g/mol. The average Bonchev–Trinajstić information content (AvgIpc) is 3.09. The SMILES string of the molecule is CCc1ccc(NC(=O)c2sc3ncn(Cc4ccncc4)c(=O)c3c2C)cc1. The van der Waals surface area contributed by atoms with E-state index in [0.29, 0.717) is 27.2 Å².